The number of fused-ring (bicyclic) bond motifs is 2. The molecule has 0 bridgehead atoms. The van der Waals surface area contributed by atoms with Crippen LogP contribution in [-0.2, 0) is 4.79 Å². The first-order chi connectivity index (χ1) is 20.7. The predicted octanol–water partition coefficient (Wildman–Crippen LogP) is 6.54. The lowest BCUT2D eigenvalue weighted by molar-refractivity contribution is -0.118. The molecule has 0 spiro atoms. The predicted molar refractivity (Wildman–Crippen MR) is 170 cm³/mol. The van der Waals surface area contributed by atoms with Gasteiger partial charge in [-0.05, 0) is 73.8 Å². The summed E-state index contributed by atoms with van der Waals surface area (Å²) in [7, 11) is 4.01. The maximum Gasteiger partial charge on any atom is 0.226 e. The number of hydrogen-bond acceptors (Lipinski definition) is 6. The summed E-state index contributed by atoms with van der Waals surface area (Å²) in [6.45, 7) is 5.24. The molecule has 43 heavy (non-hydrogen) atoms. The van der Waals surface area contributed by atoms with E-state index in [1.165, 1.54) is 6.07 Å². The molecule has 0 fully saturated rings. The lowest BCUT2D eigenvalue weighted by Gasteiger charge is -2.13. The number of aromatic nitrogens is 5. The van der Waals surface area contributed by atoms with Gasteiger partial charge in [-0.1, -0.05) is 26.0 Å². The lowest BCUT2D eigenvalue weighted by Crippen LogP contribution is -2.20. The Morgan fingerprint density at radius 3 is 2.63 bits per heavy atom. The molecular formula is C33H33FN8O. The molecule has 4 heterocycles. The number of rotatable bonds is 9. The van der Waals surface area contributed by atoms with Crippen molar-refractivity contribution in [3.63, 3.8) is 0 Å². The number of anilines is 2. The number of hydrogen-bond donors (Lipinski definition) is 4. The Bertz CT molecular complexity index is 1940. The molecular weight excluding hydrogens is 543 g/mol. The average molecular weight is 577 g/mol. The van der Waals surface area contributed by atoms with E-state index in [4.69, 9.17) is 4.98 Å². The van der Waals surface area contributed by atoms with E-state index in [0.29, 0.717) is 29.1 Å². The average Bonchev–Trinajstić information content (AvgIpc) is 3.60. The maximum absolute atomic E-state index is 14.7. The molecule has 0 saturated carbocycles. The normalized spacial score (nSPS) is 11.6. The maximum atomic E-state index is 14.7. The molecule has 0 aliphatic carbocycles. The Morgan fingerprint density at radius 2 is 1.81 bits per heavy atom. The second-order valence-electron chi connectivity index (χ2n) is 11.2. The van der Waals surface area contributed by atoms with Crippen molar-refractivity contribution in [3.8, 4) is 33.8 Å². The van der Waals surface area contributed by atoms with E-state index in [-0.39, 0.29) is 17.6 Å². The fourth-order valence-electron chi connectivity index (χ4n) is 4.99. The molecule has 218 valence electrons. The van der Waals surface area contributed by atoms with E-state index in [9.17, 15) is 9.18 Å². The Morgan fingerprint density at radius 1 is 0.977 bits per heavy atom. The fraction of sp³-hybridized carbons (Fsp3) is 0.212. The fourth-order valence-corrected chi connectivity index (χ4v) is 4.99. The minimum absolute atomic E-state index is 0.0762. The quantitative estimate of drug-likeness (QED) is 0.155. The van der Waals surface area contributed by atoms with Gasteiger partial charge in [0, 0.05) is 47.4 Å². The van der Waals surface area contributed by atoms with Crippen LogP contribution >= 0.6 is 0 Å². The highest BCUT2D eigenvalue weighted by Gasteiger charge is 2.17. The Kier molecular flexibility index (Phi) is 7.60. The molecule has 0 aliphatic heterocycles. The van der Waals surface area contributed by atoms with Gasteiger partial charge in [-0.2, -0.15) is 5.10 Å². The zero-order valence-corrected chi connectivity index (χ0v) is 24.5. The van der Waals surface area contributed by atoms with Crippen LogP contribution in [0.3, 0.4) is 0 Å². The summed E-state index contributed by atoms with van der Waals surface area (Å²) < 4.78 is 14.7. The summed E-state index contributed by atoms with van der Waals surface area (Å²) in [5, 5.41) is 14.8. The number of pyridine rings is 2. The first-order valence-electron chi connectivity index (χ1n) is 14.2. The third-order valence-corrected chi connectivity index (χ3v) is 7.25. The smallest absolute Gasteiger partial charge is 0.226 e. The van der Waals surface area contributed by atoms with Gasteiger partial charge in [-0.3, -0.25) is 14.9 Å². The van der Waals surface area contributed by atoms with Crippen LogP contribution in [0.4, 0.5) is 15.8 Å². The molecule has 9 nitrogen and oxygen atoms in total. The van der Waals surface area contributed by atoms with Gasteiger partial charge in [0.2, 0.25) is 5.91 Å². The van der Waals surface area contributed by atoms with E-state index in [0.717, 1.165) is 51.0 Å². The molecule has 0 aliphatic rings. The van der Waals surface area contributed by atoms with Gasteiger partial charge >= 0.3 is 0 Å². The Labute approximate surface area is 248 Å². The van der Waals surface area contributed by atoms with E-state index in [2.05, 4.69) is 35.7 Å². The van der Waals surface area contributed by atoms with Gasteiger partial charge in [0.1, 0.15) is 17.0 Å². The minimum Gasteiger partial charge on any atom is -0.384 e. The molecule has 0 saturated heterocycles. The van der Waals surface area contributed by atoms with Gasteiger partial charge < -0.3 is 20.5 Å². The van der Waals surface area contributed by atoms with Crippen LogP contribution in [0.15, 0.2) is 73.1 Å². The number of nitrogens with zero attached hydrogens (tertiary/aromatic N) is 4. The third kappa shape index (κ3) is 5.96. The highest BCUT2D eigenvalue weighted by molar-refractivity contribution is 6.01. The van der Waals surface area contributed by atoms with Crippen molar-refractivity contribution in [1.29, 1.82) is 0 Å². The summed E-state index contributed by atoms with van der Waals surface area (Å²) in [4.78, 5) is 27.0. The number of benzene rings is 2. The molecule has 2 aromatic carbocycles. The van der Waals surface area contributed by atoms with Crippen molar-refractivity contribution in [2.45, 2.75) is 13.8 Å². The largest absolute Gasteiger partial charge is 0.384 e. The molecule has 6 aromatic rings. The number of aromatic amines is 2. The zero-order valence-electron chi connectivity index (χ0n) is 24.5. The second kappa shape index (κ2) is 11.7. The number of carbonyl (C=O) groups is 1. The van der Waals surface area contributed by atoms with Crippen molar-refractivity contribution in [2.75, 3.05) is 37.8 Å². The number of H-pyrrole nitrogens is 2. The first-order valence-corrected chi connectivity index (χ1v) is 14.2. The van der Waals surface area contributed by atoms with Gasteiger partial charge in [0.05, 0.1) is 28.8 Å². The molecule has 0 atom stereocenters. The van der Waals surface area contributed by atoms with Crippen LogP contribution in [0.2, 0.25) is 0 Å². The molecule has 6 rings (SSSR count). The van der Waals surface area contributed by atoms with E-state index >= 15 is 0 Å². The summed E-state index contributed by atoms with van der Waals surface area (Å²) in [6.07, 6.45) is 3.34. The SMILES string of the molecule is CC(C)C(=O)Nc1cncc(-c2ccc3[nH]nc(-c4cc5c(-c6cc(F)cc(NCCN(C)C)c6)cccc5[nH]4)c3n2)c1. The number of nitrogens with one attached hydrogen (secondary N) is 4. The zero-order chi connectivity index (χ0) is 30.1. The lowest BCUT2D eigenvalue weighted by atomic mass is 10.0. The van der Waals surface area contributed by atoms with Crippen LogP contribution in [0, 0.1) is 11.7 Å². The second-order valence-corrected chi connectivity index (χ2v) is 11.2. The van der Waals surface area contributed by atoms with Crippen LogP contribution in [0.25, 0.3) is 55.7 Å². The van der Waals surface area contributed by atoms with Crippen molar-refractivity contribution in [3.05, 3.63) is 78.9 Å². The van der Waals surface area contributed by atoms with Crippen LogP contribution in [0.5, 0.6) is 0 Å². The van der Waals surface area contributed by atoms with E-state index in [1.807, 2.05) is 76.5 Å². The summed E-state index contributed by atoms with van der Waals surface area (Å²) in [5.74, 6) is -0.515. The van der Waals surface area contributed by atoms with Crippen molar-refractivity contribution in [1.82, 2.24) is 30.0 Å². The van der Waals surface area contributed by atoms with Gasteiger partial charge in [-0.25, -0.2) is 9.37 Å². The monoisotopic (exact) mass is 576 g/mol. The van der Waals surface area contributed by atoms with Crippen molar-refractivity contribution in [2.24, 2.45) is 5.92 Å². The van der Waals surface area contributed by atoms with Gasteiger partial charge in [0.25, 0.3) is 0 Å². The molecule has 0 unspecified atom stereocenters. The highest BCUT2D eigenvalue weighted by Crippen LogP contribution is 2.35. The van der Waals surface area contributed by atoms with E-state index in [1.54, 1.807) is 18.5 Å². The van der Waals surface area contributed by atoms with Crippen LogP contribution < -0.4 is 10.6 Å². The number of likely N-dealkylation sites (N-methyl/N-ethyl adjacent to an activating group) is 1. The van der Waals surface area contributed by atoms with E-state index < -0.39 is 0 Å². The summed E-state index contributed by atoms with van der Waals surface area (Å²) >= 11 is 0. The standard InChI is InChI=1S/C33H33FN8O/c1-19(2)33(43)37-24-14-21(17-35-18-24)27-8-9-29-31(39-27)32(41-40-29)30-16-26-25(6-5-7-28(26)38-30)20-12-22(34)15-23(13-20)36-10-11-42(3)4/h5-9,12-19,36,38H,10-11H2,1-4H3,(H,37,43)(H,40,41). The number of halogens is 1. The van der Waals surface area contributed by atoms with Gasteiger partial charge in [-0.15, -0.1) is 0 Å². The molecule has 0 radical (unpaired) electrons. The highest BCUT2D eigenvalue weighted by atomic mass is 19.1. The Hall–Kier alpha value is -5.09. The summed E-state index contributed by atoms with van der Waals surface area (Å²) in [6, 6.07) is 18.7. The summed E-state index contributed by atoms with van der Waals surface area (Å²) in [5.41, 5.74) is 8.37. The van der Waals surface area contributed by atoms with Crippen LogP contribution in [0.1, 0.15) is 13.8 Å². The molecule has 4 aromatic heterocycles. The van der Waals surface area contributed by atoms with Gasteiger partial charge in [0.15, 0.2) is 0 Å². The van der Waals surface area contributed by atoms with Crippen molar-refractivity contribution < 1.29 is 9.18 Å². The minimum atomic E-state index is -0.296. The molecule has 4 N–H and O–H groups in total. The Balaban J connectivity index is 1.36. The van der Waals surface area contributed by atoms with Crippen LogP contribution in [-0.4, -0.2) is 63.1 Å². The number of amides is 1. The molecule has 1 amide bonds. The van der Waals surface area contributed by atoms with Crippen molar-refractivity contribution >= 4 is 39.2 Å². The topological polar surface area (TPSA) is 115 Å². The first kappa shape index (κ1) is 28.0. The number of carbonyl (C=O) groups excluding carboxylic acids is 1. The molecule has 10 heteroatoms. The third-order valence-electron chi connectivity index (χ3n) is 7.25.